The Kier molecular flexibility index (Phi) is 4.90. The Bertz CT molecular complexity index is 432. The van der Waals surface area contributed by atoms with Crippen LogP contribution in [0.4, 0.5) is 4.79 Å². The van der Waals surface area contributed by atoms with Gasteiger partial charge in [-0.2, -0.15) is 0 Å². The van der Waals surface area contributed by atoms with E-state index < -0.39 is 11.7 Å². The average molecular weight is 269 g/mol. The molecule has 18 heavy (non-hydrogen) atoms. The van der Waals surface area contributed by atoms with E-state index in [9.17, 15) is 9.59 Å². The Morgan fingerprint density at radius 3 is 2.50 bits per heavy atom. The number of hydrogen-bond acceptors (Lipinski definition) is 4. The first-order valence-corrected chi connectivity index (χ1v) is 6.66. The van der Waals surface area contributed by atoms with E-state index in [0.717, 1.165) is 9.75 Å². The third-order valence-corrected chi connectivity index (χ3v) is 3.29. The van der Waals surface area contributed by atoms with Gasteiger partial charge >= 0.3 is 6.09 Å². The van der Waals surface area contributed by atoms with Crippen molar-refractivity contribution in [3.05, 3.63) is 21.9 Å². The second kappa shape index (κ2) is 6.00. The number of thiophene rings is 1. The molecule has 0 saturated heterocycles. The third kappa shape index (κ3) is 5.31. The molecule has 0 aliphatic heterocycles. The fourth-order valence-electron chi connectivity index (χ4n) is 1.30. The smallest absolute Gasteiger partial charge is 0.407 e. The van der Waals surface area contributed by atoms with Crippen LogP contribution in [-0.4, -0.2) is 24.0 Å². The van der Waals surface area contributed by atoms with E-state index in [1.54, 1.807) is 6.92 Å². The fourth-order valence-corrected chi connectivity index (χ4v) is 2.21. The van der Waals surface area contributed by atoms with Gasteiger partial charge in [0, 0.05) is 11.4 Å². The van der Waals surface area contributed by atoms with Crippen molar-refractivity contribution >= 4 is 23.2 Å². The zero-order chi connectivity index (χ0) is 13.8. The van der Waals surface area contributed by atoms with Crippen LogP contribution in [0.15, 0.2) is 12.1 Å². The van der Waals surface area contributed by atoms with Crippen LogP contribution in [0.2, 0.25) is 0 Å². The Hall–Kier alpha value is -1.36. The van der Waals surface area contributed by atoms with Crippen LogP contribution < -0.4 is 5.32 Å². The summed E-state index contributed by atoms with van der Waals surface area (Å²) in [4.78, 5) is 24.3. The molecule has 0 saturated carbocycles. The normalized spacial score (nSPS) is 11.1. The topological polar surface area (TPSA) is 55.4 Å². The second-order valence-corrected chi connectivity index (χ2v) is 6.17. The van der Waals surface area contributed by atoms with E-state index in [0.29, 0.717) is 13.0 Å². The molecule has 0 spiro atoms. The van der Waals surface area contributed by atoms with Crippen LogP contribution >= 0.6 is 11.3 Å². The van der Waals surface area contributed by atoms with Crippen molar-refractivity contribution in [1.82, 2.24) is 5.32 Å². The van der Waals surface area contributed by atoms with Gasteiger partial charge in [0.1, 0.15) is 5.60 Å². The zero-order valence-electron chi connectivity index (χ0n) is 11.2. The molecule has 0 bridgehead atoms. The lowest BCUT2D eigenvalue weighted by atomic mass is 10.2. The van der Waals surface area contributed by atoms with Crippen LogP contribution in [0, 0.1) is 0 Å². The average Bonchev–Trinajstić information content (AvgIpc) is 2.63. The highest BCUT2D eigenvalue weighted by atomic mass is 32.1. The lowest BCUT2D eigenvalue weighted by Crippen LogP contribution is -2.33. The summed E-state index contributed by atoms with van der Waals surface area (Å²) in [5, 5.41) is 2.69. The summed E-state index contributed by atoms with van der Waals surface area (Å²) in [6, 6.07) is 3.73. The molecule has 1 amide bonds. The van der Waals surface area contributed by atoms with E-state index in [2.05, 4.69) is 5.32 Å². The molecule has 0 aliphatic rings. The van der Waals surface area contributed by atoms with Gasteiger partial charge in [0.25, 0.3) is 0 Å². The van der Waals surface area contributed by atoms with Crippen LogP contribution in [0.3, 0.4) is 0 Å². The van der Waals surface area contributed by atoms with E-state index in [1.807, 2.05) is 32.9 Å². The Morgan fingerprint density at radius 1 is 1.33 bits per heavy atom. The maximum absolute atomic E-state index is 11.4. The number of rotatable bonds is 4. The predicted octanol–water partition coefficient (Wildman–Crippen LogP) is 3.02. The van der Waals surface area contributed by atoms with Crippen LogP contribution in [0.25, 0.3) is 0 Å². The lowest BCUT2D eigenvalue weighted by Gasteiger charge is -2.19. The van der Waals surface area contributed by atoms with Gasteiger partial charge in [-0.1, -0.05) is 0 Å². The first-order chi connectivity index (χ1) is 8.28. The number of carbonyl (C=O) groups is 2. The molecule has 100 valence electrons. The first kappa shape index (κ1) is 14.7. The minimum atomic E-state index is -0.477. The van der Waals surface area contributed by atoms with Gasteiger partial charge in [0.15, 0.2) is 5.78 Å². The Morgan fingerprint density at radius 2 is 2.00 bits per heavy atom. The number of ether oxygens (including phenoxy) is 1. The molecule has 0 aromatic carbocycles. The quantitative estimate of drug-likeness (QED) is 0.855. The van der Waals surface area contributed by atoms with Crippen LogP contribution in [0.5, 0.6) is 0 Å². The molecule has 1 heterocycles. The van der Waals surface area contributed by atoms with Crippen LogP contribution in [-0.2, 0) is 11.2 Å². The van der Waals surface area contributed by atoms with Gasteiger partial charge in [-0.05, 0) is 46.2 Å². The molecule has 1 aromatic rings. The molecular formula is C13H19NO3S. The second-order valence-electron chi connectivity index (χ2n) is 5.00. The largest absolute Gasteiger partial charge is 0.444 e. The maximum Gasteiger partial charge on any atom is 0.407 e. The molecular weight excluding hydrogens is 250 g/mol. The van der Waals surface area contributed by atoms with Crippen molar-refractivity contribution in [2.45, 2.75) is 39.7 Å². The molecule has 1 rings (SSSR count). The summed E-state index contributed by atoms with van der Waals surface area (Å²) < 4.78 is 5.12. The summed E-state index contributed by atoms with van der Waals surface area (Å²) in [5.74, 6) is 0.0753. The monoisotopic (exact) mass is 269 g/mol. The van der Waals surface area contributed by atoms with Gasteiger partial charge in [0.05, 0.1) is 4.88 Å². The lowest BCUT2D eigenvalue weighted by molar-refractivity contribution is 0.0528. The highest BCUT2D eigenvalue weighted by Gasteiger charge is 2.15. The molecule has 1 N–H and O–H groups in total. The van der Waals surface area contributed by atoms with Gasteiger partial charge < -0.3 is 10.1 Å². The van der Waals surface area contributed by atoms with Crippen molar-refractivity contribution in [3.8, 4) is 0 Å². The SMILES string of the molecule is CC(=O)c1ccc(CCNC(=O)OC(C)(C)C)s1. The maximum atomic E-state index is 11.4. The van der Waals surface area contributed by atoms with Crippen molar-refractivity contribution in [3.63, 3.8) is 0 Å². The number of hydrogen-bond donors (Lipinski definition) is 1. The highest BCUT2D eigenvalue weighted by Crippen LogP contribution is 2.17. The fraction of sp³-hybridized carbons (Fsp3) is 0.538. The standard InChI is InChI=1S/C13H19NO3S/c1-9(15)11-6-5-10(18-11)7-8-14-12(16)17-13(2,3)4/h5-6H,7-8H2,1-4H3,(H,14,16). The minimum absolute atomic E-state index is 0.0753. The third-order valence-electron chi connectivity index (χ3n) is 2.05. The van der Waals surface area contributed by atoms with E-state index in [4.69, 9.17) is 4.74 Å². The van der Waals surface area contributed by atoms with Gasteiger partial charge in [-0.3, -0.25) is 4.79 Å². The zero-order valence-corrected chi connectivity index (χ0v) is 12.0. The molecule has 5 heteroatoms. The van der Waals surface area contributed by atoms with Crippen molar-refractivity contribution in [1.29, 1.82) is 0 Å². The molecule has 0 aliphatic carbocycles. The van der Waals surface area contributed by atoms with Gasteiger partial charge in [-0.15, -0.1) is 11.3 Å². The number of Topliss-reactive ketones (excluding diaryl/α,β-unsaturated/α-hetero) is 1. The van der Waals surface area contributed by atoms with Crippen molar-refractivity contribution < 1.29 is 14.3 Å². The number of alkyl carbamates (subject to hydrolysis) is 1. The number of amides is 1. The molecule has 0 unspecified atom stereocenters. The summed E-state index contributed by atoms with van der Waals surface area (Å²) in [6.45, 7) is 7.53. The molecule has 0 atom stereocenters. The number of ketones is 1. The van der Waals surface area contributed by atoms with E-state index >= 15 is 0 Å². The van der Waals surface area contributed by atoms with Crippen LogP contribution in [0.1, 0.15) is 42.2 Å². The Labute approximate surface area is 111 Å². The molecule has 4 nitrogen and oxygen atoms in total. The molecule has 0 radical (unpaired) electrons. The summed E-state index contributed by atoms with van der Waals surface area (Å²) >= 11 is 1.46. The van der Waals surface area contributed by atoms with Gasteiger partial charge in [-0.25, -0.2) is 4.79 Å². The van der Waals surface area contributed by atoms with Crippen molar-refractivity contribution in [2.75, 3.05) is 6.54 Å². The number of carbonyl (C=O) groups excluding carboxylic acids is 2. The Balaban J connectivity index is 2.33. The number of nitrogens with one attached hydrogen (secondary N) is 1. The minimum Gasteiger partial charge on any atom is -0.444 e. The highest BCUT2D eigenvalue weighted by molar-refractivity contribution is 7.14. The molecule has 0 fully saturated rings. The van der Waals surface area contributed by atoms with E-state index in [1.165, 1.54) is 11.3 Å². The summed E-state index contributed by atoms with van der Waals surface area (Å²) in [6.07, 6.45) is 0.294. The summed E-state index contributed by atoms with van der Waals surface area (Å²) in [7, 11) is 0. The summed E-state index contributed by atoms with van der Waals surface area (Å²) in [5.41, 5.74) is -0.477. The van der Waals surface area contributed by atoms with E-state index in [-0.39, 0.29) is 5.78 Å². The van der Waals surface area contributed by atoms with Crippen molar-refractivity contribution in [2.24, 2.45) is 0 Å². The molecule has 1 aromatic heterocycles. The first-order valence-electron chi connectivity index (χ1n) is 5.84. The van der Waals surface area contributed by atoms with Gasteiger partial charge in [0.2, 0.25) is 0 Å². The predicted molar refractivity (Wildman–Crippen MR) is 72.3 cm³/mol.